The van der Waals surface area contributed by atoms with E-state index < -0.39 is 30.6 Å². The normalized spacial score (nSPS) is 23.2. The number of ether oxygens (including phenoxy) is 1. The molecule has 164 valence electrons. The number of anilines is 1. The van der Waals surface area contributed by atoms with Gasteiger partial charge in [-0.15, -0.1) is 0 Å². The summed E-state index contributed by atoms with van der Waals surface area (Å²) < 4.78 is 8.37. The van der Waals surface area contributed by atoms with Gasteiger partial charge in [0.15, 0.2) is 23.2 Å². The van der Waals surface area contributed by atoms with E-state index in [1.807, 2.05) is 23.7 Å². The minimum atomic E-state index is -1.27. The van der Waals surface area contributed by atoms with Crippen molar-refractivity contribution in [3.8, 4) is 0 Å². The first-order valence-electron chi connectivity index (χ1n) is 9.28. The van der Waals surface area contributed by atoms with E-state index in [9.17, 15) is 15.0 Å². The standard InChI is InChI=1S/C18H20IN7O5/c19-10-3-1-2-9(4-10)5-21-15-12-16(23-7-22-15)26(8-24-12)17-14(28)13(27)11(31-17)6-30-25-18(20)29/h1-4,7-8,11,13-14,17,27-28H,5-6H2,(H3,20,25,29)(H,21,22,23)/t11-,13-,14-,17-/m1/s1. The van der Waals surface area contributed by atoms with Crippen molar-refractivity contribution < 1.29 is 24.6 Å². The maximum absolute atomic E-state index is 10.7. The average Bonchev–Trinajstić information content (AvgIpc) is 3.29. The van der Waals surface area contributed by atoms with Crippen molar-refractivity contribution in [3.05, 3.63) is 46.1 Å². The molecule has 0 radical (unpaired) electrons. The summed E-state index contributed by atoms with van der Waals surface area (Å²) in [6.45, 7) is 0.339. The molecule has 31 heavy (non-hydrogen) atoms. The molecule has 0 bridgehead atoms. The third-order valence-corrected chi connectivity index (χ3v) is 5.41. The number of aliphatic hydroxyl groups excluding tert-OH is 2. The number of carbonyl (C=O) groups is 1. The van der Waals surface area contributed by atoms with Crippen LogP contribution in [0.2, 0.25) is 0 Å². The van der Waals surface area contributed by atoms with E-state index in [0.717, 1.165) is 9.13 Å². The fourth-order valence-electron chi connectivity index (χ4n) is 3.29. The topological polar surface area (TPSA) is 170 Å². The average molecular weight is 541 g/mol. The van der Waals surface area contributed by atoms with Crippen LogP contribution in [-0.2, 0) is 16.1 Å². The predicted octanol–water partition coefficient (Wildman–Crippen LogP) is 0.262. The number of aliphatic hydroxyl groups is 2. The summed E-state index contributed by atoms with van der Waals surface area (Å²) in [7, 11) is 0. The zero-order chi connectivity index (χ0) is 22.0. The molecule has 1 aromatic carbocycles. The van der Waals surface area contributed by atoms with Crippen LogP contribution in [0.5, 0.6) is 0 Å². The Bertz CT molecular complexity index is 1080. The molecule has 1 aliphatic heterocycles. The zero-order valence-corrected chi connectivity index (χ0v) is 18.2. The number of fused-ring (bicyclic) bond motifs is 1. The largest absolute Gasteiger partial charge is 0.387 e. The Morgan fingerprint density at radius 1 is 1.29 bits per heavy atom. The van der Waals surface area contributed by atoms with Gasteiger partial charge in [0, 0.05) is 10.1 Å². The first-order chi connectivity index (χ1) is 14.9. The highest BCUT2D eigenvalue weighted by molar-refractivity contribution is 14.1. The van der Waals surface area contributed by atoms with E-state index in [-0.39, 0.29) is 6.61 Å². The van der Waals surface area contributed by atoms with E-state index >= 15 is 0 Å². The van der Waals surface area contributed by atoms with Gasteiger partial charge < -0.3 is 26.0 Å². The number of primary amides is 1. The van der Waals surface area contributed by atoms with Crippen molar-refractivity contribution in [1.82, 2.24) is 25.0 Å². The highest BCUT2D eigenvalue weighted by atomic mass is 127. The minimum Gasteiger partial charge on any atom is -0.387 e. The Balaban J connectivity index is 1.51. The smallest absolute Gasteiger partial charge is 0.336 e. The molecule has 4 atom stereocenters. The van der Waals surface area contributed by atoms with Gasteiger partial charge in [0.1, 0.15) is 31.2 Å². The molecule has 6 N–H and O–H groups in total. The molecule has 3 heterocycles. The lowest BCUT2D eigenvalue weighted by Crippen LogP contribution is -2.37. The number of hydrogen-bond acceptors (Lipinski definition) is 9. The first-order valence-corrected chi connectivity index (χ1v) is 10.4. The predicted molar refractivity (Wildman–Crippen MR) is 116 cm³/mol. The molecule has 0 unspecified atom stereocenters. The molecule has 3 aromatic rings. The Morgan fingerprint density at radius 3 is 2.90 bits per heavy atom. The summed E-state index contributed by atoms with van der Waals surface area (Å²) in [6.07, 6.45) is -1.53. The number of carbonyl (C=O) groups excluding carboxylic acids is 1. The Labute approximate surface area is 189 Å². The summed E-state index contributed by atoms with van der Waals surface area (Å²) in [5.74, 6) is 0.529. The number of hydrogen-bond donors (Lipinski definition) is 5. The molecule has 12 nitrogen and oxygen atoms in total. The fraction of sp³-hybridized carbons (Fsp3) is 0.333. The van der Waals surface area contributed by atoms with Gasteiger partial charge >= 0.3 is 6.03 Å². The van der Waals surface area contributed by atoms with Gasteiger partial charge in [-0.1, -0.05) is 12.1 Å². The van der Waals surface area contributed by atoms with Crippen molar-refractivity contribution in [3.63, 3.8) is 0 Å². The second-order valence-corrected chi connectivity index (χ2v) is 8.10. The Morgan fingerprint density at radius 2 is 2.13 bits per heavy atom. The summed E-state index contributed by atoms with van der Waals surface area (Å²) >= 11 is 2.25. The first kappa shape index (κ1) is 21.6. The van der Waals surface area contributed by atoms with Gasteiger partial charge in [0.2, 0.25) is 0 Å². The number of nitrogens with two attached hydrogens (primary N) is 1. The number of hydroxylamine groups is 1. The van der Waals surface area contributed by atoms with Gasteiger partial charge in [-0.05, 0) is 40.3 Å². The number of halogens is 1. The molecule has 13 heteroatoms. The number of benzene rings is 1. The second-order valence-electron chi connectivity index (χ2n) is 6.85. The van der Waals surface area contributed by atoms with Crippen molar-refractivity contribution in [2.45, 2.75) is 31.1 Å². The van der Waals surface area contributed by atoms with Crippen LogP contribution in [-0.4, -0.2) is 60.7 Å². The third-order valence-electron chi connectivity index (χ3n) is 4.74. The van der Waals surface area contributed by atoms with E-state index in [0.29, 0.717) is 23.5 Å². The Hall–Kier alpha value is -2.59. The minimum absolute atomic E-state index is 0.206. The van der Waals surface area contributed by atoms with E-state index in [1.165, 1.54) is 17.2 Å². The lowest BCUT2D eigenvalue weighted by Gasteiger charge is -2.16. The maximum Gasteiger partial charge on any atom is 0.336 e. The SMILES string of the molecule is NC(=O)NOC[C@H]1O[C@@H](n2cnc3c(NCc4cccc(I)c4)ncnc32)[C@H](O)[C@@H]1O. The summed E-state index contributed by atoms with van der Waals surface area (Å²) in [5.41, 5.74) is 8.88. The molecule has 2 aromatic heterocycles. The summed E-state index contributed by atoms with van der Waals surface area (Å²) in [6, 6.07) is 7.17. The zero-order valence-electron chi connectivity index (χ0n) is 16.1. The number of amides is 2. The molecule has 0 spiro atoms. The number of aromatic nitrogens is 4. The molecular weight excluding hydrogens is 521 g/mol. The van der Waals surface area contributed by atoms with E-state index in [2.05, 4.69) is 48.9 Å². The van der Waals surface area contributed by atoms with Crippen LogP contribution in [0.3, 0.4) is 0 Å². The highest BCUT2D eigenvalue weighted by Gasteiger charge is 2.44. The quantitative estimate of drug-likeness (QED) is 0.208. The van der Waals surface area contributed by atoms with Crippen LogP contribution >= 0.6 is 22.6 Å². The molecule has 2 amide bonds. The van der Waals surface area contributed by atoms with E-state index in [4.69, 9.17) is 15.3 Å². The lowest BCUT2D eigenvalue weighted by molar-refractivity contribution is -0.0781. The Kier molecular flexibility index (Phi) is 6.47. The fourth-order valence-corrected chi connectivity index (χ4v) is 3.90. The van der Waals surface area contributed by atoms with Crippen LogP contribution < -0.4 is 16.5 Å². The van der Waals surface area contributed by atoms with Crippen molar-refractivity contribution in [2.24, 2.45) is 5.73 Å². The van der Waals surface area contributed by atoms with Crippen molar-refractivity contribution in [1.29, 1.82) is 0 Å². The van der Waals surface area contributed by atoms with Crippen molar-refractivity contribution in [2.75, 3.05) is 11.9 Å². The number of rotatable bonds is 7. The molecule has 1 saturated heterocycles. The number of nitrogens with zero attached hydrogens (tertiary/aromatic N) is 4. The van der Waals surface area contributed by atoms with Crippen LogP contribution in [0.1, 0.15) is 11.8 Å². The number of imidazole rings is 1. The third kappa shape index (κ3) is 4.69. The van der Waals surface area contributed by atoms with Crippen LogP contribution in [0.4, 0.5) is 10.6 Å². The van der Waals surface area contributed by atoms with Gasteiger partial charge in [-0.2, -0.15) is 0 Å². The van der Waals surface area contributed by atoms with Gasteiger partial charge in [-0.25, -0.2) is 25.2 Å². The molecule has 1 fully saturated rings. The monoisotopic (exact) mass is 541 g/mol. The van der Waals surface area contributed by atoms with Crippen LogP contribution in [0.25, 0.3) is 11.2 Å². The van der Waals surface area contributed by atoms with Crippen LogP contribution in [0.15, 0.2) is 36.9 Å². The summed E-state index contributed by atoms with van der Waals surface area (Å²) in [4.78, 5) is 28.5. The van der Waals surface area contributed by atoms with E-state index in [1.54, 1.807) is 0 Å². The van der Waals surface area contributed by atoms with Gasteiger partial charge in [0.25, 0.3) is 0 Å². The number of nitrogens with one attached hydrogen (secondary N) is 2. The lowest BCUT2D eigenvalue weighted by atomic mass is 10.1. The molecule has 0 aliphatic carbocycles. The molecule has 0 saturated carbocycles. The van der Waals surface area contributed by atoms with Gasteiger partial charge in [0.05, 0.1) is 6.33 Å². The molecular formula is C18H20IN7O5. The number of urea groups is 1. The summed E-state index contributed by atoms with van der Waals surface area (Å²) in [5, 5.41) is 24.0. The van der Waals surface area contributed by atoms with Crippen LogP contribution in [0, 0.1) is 3.57 Å². The highest BCUT2D eigenvalue weighted by Crippen LogP contribution is 2.32. The maximum atomic E-state index is 10.7. The second kappa shape index (κ2) is 9.27. The van der Waals surface area contributed by atoms with Crippen molar-refractivity contribution >= 4 is 45.6 Å². The molecule has 4 rings (SSSR count). The molecule has 1 aliphatic rings. The van der Waals surface area contributed by atoms with Gasteiger partial charge in [-0.3, -0.25) is 9.40 Å².